The van der Waals surface area contributed by atoms with Gasteiger partial charge in [0, 0.05) is 16.9 Å². The first-order chi connectivity index (χ1) is 12.5. The molecule has 3 rings (SSSR count). The van der Waals surface area contributed by atoms with E-state index in [0.717, 1.165) is 11.9 Å². The molecule has 1 amide bonds. The monoisotopic (exact) mass is 389 g/mol. The summed E-state index contributed by atoms with van der Waals surface area (Å²) in [5.74, 6) is -0.619. The highest BCUT2D eigenvalue weighted by Crippen LogP contribution is 2.21. The fourth-order valence-corrected chi connectivity index (χ4v) is 2.76. The molecule has 0 bridgehead atoms. The van der Waals surface area contributed by atoms with Gasteiger partial charge in [0.05, 0.1) is 30.3 Å². The molecule has 0 spiro atoms. The number of nitrogens with zero attached hydrogens (tertiary/aromatic N) is 5. The maximum atomic E-state index is 13.0. The van der Waals surface area contributed by atoms with Crippen molar-refractivity contribution in [1.82, 2.24) is 9.97 Å². The van der Waals surface area contributed by atoms with Gasteiger partial charge in [-0.1, -0.05) is 11.6 Å². The maximum Gasteiger partial charge on any atom is 0.280 e. The van der Waals surface area contributed by atoms with Crippen LogP contribution in [0.25, 0.3) is 0 Å². The Morgan fingerprint density at radius 1 is 1.15 bits per heavy atom. The molecular formula is C16H12ClN5O3S. The van der Waals surface area contributed by atoms with E-state index in [9.17, 15) is 13.2 Å². The van der Waals surface area contributed by atoms with E-state index < -0.39 is 16.2 Å². The lowest BCUT2D eigenvalue weighted by molar-refractivity contribution is -0.112. The fourth-order valence-electron chi connectivity index (χ4n) is 2.21. The zero-order valence-electron chi connectivity index (χ0n) is 13.5. The molecule has 0 atom stereocenters. The Morgan fingerprint density at radius 3 is 2.50 bits per heavy atom. The minimum absolute atomic E-state index is 0.0749. The van der Waals surface area contributed by atoms with Crippen molar-refractivity contribution in [2.75, 3.05) is 4.90 Å². The number of amides is 1. The van der Waals surface area contributed by atoms with Crippen LogP contribution >= 0.6 is 11.6 Å². The summed E-state index contributed by atoms with van der Waals surface area (Å²) in [5.41, 5.74) is 1.52. The molecule has 1 aromatic carbocycles. The molecule has 0 aliphatic carbocycles. The molecule has 0 radical (unpaired) electrons. The van der Waals surface area contributed by atoms with Crippen LogP contribution in [-0.2, 0) is 21.6 Å². The van der Waals surface area contributed by atoms with Crippen LogP contribution in [0.15, 0.2) is 46.9 Å². The van der Waals surface area contributed by atoms with Crippen LogP contribution in [-0.4, -0.2) is 41.1 Å². The first-order valence-electron chi connectivity index (χ1n) is 7.38. The fraction of sp³-hybridized carbons (Fsp3) is 0.125. The normalized spacial score (nSPS) is 12.8. The number of benzene rings is 1. The van der Waals surface area contributed by atoms with Crippen molar-refractivity contribution in [3.63, 3.8) is 0 Å². The Labute approximate surface area is 155 Å². The van der Waals surface area contributed by atoms with Crippen molar-refractivity contribution in [2.45, 2.75) is 13.5 Å². The van der Waals surface area contributed by atoms with Gasteiger partial charge in [-0.3, -0.25) is 14.8 Å². The number of anilines is 1. The Hall–Kier alpha value is -2.91. The average Bonchev–Trinajstić information content (AvgIpc) is 3.12. The molecular weight excluding hydrogens is 378 g/mol. The molecule has 8 nitrogen and oxygen atoms in total. The highest BCUT2D eigenvalue weighted by molar-refractivity contribution is 7.77. The molecule has 0 fully saturated rings. The van der Waals surface area contributed by atoms with Crippen molar-refractivity contribution in [1.29, 1.82) is 0 Å². The Morgan fingerprint density at radius 2 is 1.88 bits per heavy atom. The van der Waals surface area contributed by atoms with Crippen molar-refractivity contribution in [2.24, 2.45) is 10.2 Å². The van der Waals surface area contributed by atoms with E-state index in [1.165, 1.54) is 4.90 Å². The van der Waals surface area contributed by atoms with Crippen molar-refractivity contribution in [3.05, 3.63) is 53.1 Å². The molecule has 132 valence electrons. The second kappa shape index (κ2) is 7.54. The van der Waals surface area contributed by atoms with E-state index in [-0.39, 0.29) is 17.1 Å². The van der Waals surface area contributed by atoms with Crippen molar-refractivity contribution in [3.8, 4) is 0 Å². The predicted molar refractivity (Wildman–Crippen MR) is 99.3 cm³/mol. The smallest absolute Gasteiger partial charge is 0.280 e. The molecule has 1 aliphatic heterocycles. The second-order valence-electron chi connectivity index (χ2n) is 5.31. The molecule has 26 heavy (non-hydrogen) atoms. The Kier molecular flexibility index (Phi) is 5.19. The quantitative estimate of drug-likeness (QED) is 0.736. The van der Waals surface area contributed by atoms with Crippen molar-refractivity contribution >= 4 is 50.3 Å². The summed E-state index contributed by atoms with van der Waals surface area (Å²) in [4.78, 5) is 22.4. The van der Waals surface area contributed by atoms with E-state index in [4.69, 9.17) is 11.6 Å². The van der Waals surface area contributed by atoms with Gasteiger partial charge < -0.3 is 4.90 Å². The van der Waals surface area contributed by atoms with Gasteiger partial charge in [0.15, 0.2) is 5.71 Å². The maximum absolute atomic E-state index is 13.0. The highest BCUT2D eigenvalue weighted by atomic mass is 35.5. The SMILES string of the molecule is Cc1cnc(CN(C(=O)C2=NN=CC2=S(=O)=O)c2ccc(Cl)cc2)cn1. The zero-order valence-corrected chi connectivity index (χ0v) is 15.1. The summed E-state index contributed by atoms with van der Waals surface area (Å²) in [6.45, 7) is 1.87. The summed E-state index contributed by atoms with van der Waals surface area (Å²) in [7, 11) is -2.63. The lowest BCUT2D eigenvalue weighted by Crippen LogP contribution is -2.39. The minimum atomic E-state index is -2.63. The average molecular weight is 390 g/mol. The van der Waals surface area contributed by atoms with Crippen LogP contribution in [0.1, 0.15) is 11.4 Å². The standard InChI is InChI=1S/C16H12ClN5O3S/c1-10-6-19-12(7-18-10)9-22(13-4-2-11(17)3-5-13)16(23)15-14(26(24)25)8-20-21-15/h2-8H,9H2,1H3. The largest absolute Gasteiger partial charge is 0.301 e. The number of carbonyl (C=O) groups excluding carboxylic acids is 1. The van der Waals surface area contributed by atoms with E-state index in [2.05, 4.69) is 20.2 Å². The third-order valence-electron chi connectivity index (χ3n) is 3.49. The number of hydrogen-bond donors (Lipinski definition) is 0. The van der Waals surface area contributed by atoms with Crippen molar-refractivity contribution < 1.29 is 13.2 Å². The van der Waals surface area contributed by atoms with E-state index in [1.807, 2.05) is 0 Å². The number of aryl methyl sites for hydroxylation is 1. The van der Waals surface area contributed by atoms with Gasteiger partial charge in [0.2, 0.25) is 10.3 Å². The van der Waals surface area contributed by atoms with Crippen LogP contribution < -0.4 is 4.90 Å². The molecule has 0 N–H and O–H groups in total. The number of hydrogen-bond acceptors (Lipinski definition) is 7. The molecule has 0 saturated carbocycles. The van der Waals surface area contributed by atoms with Gasteiger partial charge in [-0.15, -0.1) is 5.10 Å². The van der Waals surface area contributed by atoms with Gasteiger partial charge in [0.25, 0.3) is 5.91 Å². The van der Waals surface area contributed by atoms with E-state index in [1.54, 1.807) is 43.6 Å². The van der Waals surface area contributed by atoms with Crippen LogP contribution in [0.4, 0.5) is 5.69 Å². The van der Waals surface area contributed by atoms with Crippen LogP contribution in [0.5, 0.6) is 0 Å². The van der Waals surface area contributed by atoms with Gasteiger partial charge in [-0.05, 0) is 31.2 Å². The first-order valence-corrected chi connectivity index (χ1v) is 8.83. The Balaban J connectivity index is 2.00. The molecule has 2 heterocycles. The summed E-state index contributed by atoms with van der Waals surface area (Å²) < 4.78 is 22.6. The molecule has 1 aromatic heterocycles. The lowest BCUT2D eigenvalue weighted by atomic mass is 10.2. The highest BCUT2D eigenvalue weighted by Gasteiger charge is 2.28. The number of rotatable bonds is 4. The molecule has 2 aromatic rings. The minimum Gasteiger partial charge on any atom is -0.301 e. The summed E-state index contributed by atoms with van der Waals surface area (Å²) in [6.07, 6.45) is 4.16. The molecule has 1 aliphatic rings. The van der Waals surface area contributed by atoms with E-state index in [0.29, 0.717) is 16.4 Å². The third-order valence-corrected chi connectivity index (χ3v) is 4.40. The van der Waals surface area contributed by atoms with E-state index >= 15 is 0 Å². The molecule has 0 saturated heterocycles. The predicted octanol–water partition coefficient (Wildman–Crippen LogP) is 1.46. The van der Waals surface area contributed by atoms with Gasteiger partial charge in [0.1, 0.15) is 4.86 Å². The van der Waals surface area contributed by atoms with Gasteiger partial charge in [-0.25, -0.2) is 0 Å². The summed E-state index contributed by atoms with van der Waals surface area (Å²) in [5, 5.41) is 7.70. The Bertz CT molecular complexity index is 1040. The van der Waals surface area contributed by atoms with Gasteiger partial charge in [-0.2, -0.15) is 13.5 Å². The van der Waals surface area contributed by atoms with Gasteiger partial charge >= 0.3 is 0 Å². The molecule has 0 unspecified atom stereocenters. The number of aromatic nitrogens is 2. The van der Waals surface area contributed by atoms with Crippen LogP contribution in [0.2, 0.25) is 5.02 Å². The summed E-state index contributed by atoms with van der Waals surface area (Å²) >= 11 is 5.91. The third kappa shape index (κ3) is 3.84. The first kappa shape index (κ1) is 17.9. The topological polar surface area (TPSA) is 105 Å². The molecule has 10 heteroatoms. The van der Waals surface area contributed by atoms with Crippen LogP contribution in [0, 0.1) is 6.92 Å². The number of carbonyl (C=O) groups is 1. The van der Waals surface area contributed by atoms with Crippen LogP contribution in [0.3, 0.4) is 0 Å². The second-order valence-corrected chi connectivity index (χ2v) is 6.65. The number of halogens is 1. The zero-order chi connectivity index (χ0) is 18.7. The summed E-state index contributed by atoms with van der Waals surface area (Å²) in [6, 6.07) is 6.54. The lowest BCUT2D eigenvalue weighted by Gasteiger charge is -2.22.